The van der Waals surface area contributed by atoms with E-state index in [9.17, 15) is 4.79 Å². The van der Waals surface area contributed by atoms with Crippen molar-refractivity contribution in [2.45, 2.75) is 39.8 Å². The van der Waals surface area contributed by atoms with Gasteiger partial charge >= 0.3 is 0 Å². The van der Waals surface area contributed by atoms with Gasteiger partial charge in [0.1, 0.15) is 5.82 Å². The molecule has 0 spiro atoms. The monoisotopic (exact) mass is 221 g/mol. The molecule has 2 N–H and O–H groups in total. The van der Waals surface area contributed by atoms with Gasteiger partial charge in [0.05, 0.1) is 5.56 Å². The highest BCUT2D eigenvalue weighted by Crippen LogP contribution is 2.12. The highest BCUT2D eigenvalue weighted by Gasteiger charge is 2.21. The minimum atomic E-state index is -0.00231. The lowest BCUT2D eigenvalue weighted by atomic mass is 10.1. The van der Waals surface area contributed by atoms with Gasteiger partial charge in [-0.05, 0) is 39.8 Å². The van der Waals surface area contributed by atoms with Gasteiger partial charge in [-0.25, -0.2) is 4.98 Å². The van der Waals surface area contributed by atoms with Gasteiger partial charge in [0.25, 0.3) is 5.91 Å². The van der Waals surface area contributed by atoms with Crippen LogP contribution in [0.15, 0.2) is 18.3 Å². The van der Waals surface area contributed by atoms with E-state index < -0.39 is 0 Å². The summed E-state index contributed by atoms with van der Waals surface area (Å²) in [6.45, 7) is 8.01. The van der Waals surface area contributed by atoms with Crippen LogP contribution in [-0.2, 0) is 0 Å². The predicted molar refractivity (Wildman–Crippen MR) is 65.1 cm³/mol. The largest absolute Gasteiger partial charge is 0.384 e. The molecule has 0 saturated carbocycles. The molecule has 4 nitrogen and oxygen atoms in total. The molecule has 1 aromatic heterocycles. The number of hydrogen-bond acceptors (Lipinski definition) is 3. The Labute approximate surface area is 96.5 Å². The number of rotatable bonds is 3. The van der Waals surface area contributed by atoms with Gasteiger partial charge in [0, 0.05) is 18.3 Å². The van der Waals surface area contributed by atoms with Gasteiger partial charge in [-0.3, -0.25) is 4.79 Å². The molecule has 4 heteroatoms. The van der Waals surface area contributed by atoms with E-state index >= 15 is 0 Å². The Morgan fingerprint density at radius 3 is 2.19 bits per heavy atom. The minimum absolute atomic E-state index is 0.00231. The molecule has 0 atom stereocenters. The molecule has 0 saturated heterocycles. The lowest BCUT2D eigenvalue weighted by Crippen LogP contribution is -2.42. The second-order valence-electron chi connectivity index (χ2n) is 4.37. The molecular weight excluding hydrogens is 202 g/mol. The van der Waals surface area contributed by atoms with Crippen molar-refractivity contribution in [2.24, 2.45) is 0 Å². The molecular formula is C12H19N3O. The van der Waals surface area contributed by atoms with E-state index in [1.54, 1.807) is 12.1 Å². The second kappa shape index (κ2) is 4.96. The van der Waals surface area contributed by atoms with Crippen molar-refractivity contribution in [1.82, 2.24) is 9.88 Å². The van der Waals surface area contributed by atoms with Crippen molar-refractivity contribution in [2.75, 3.05) is 5.73 Å². The van der Waals surface area contributed by atoms with Gasteiger partial charge < -0.3 is 10.6 Å². The molecule has 1 heterocycles. The minimum Gasteiger partial charge on any atom is -0.384 e. The summed E-state index contributed by atoms with van der Waals surface area (Å²) in [5.74, 6) is 0.426. The summed E-state index contributed by atoms with van der Waals surface area (Å²) in [5.41, 5.74) is 6.07. The summed E-state index contributed by atoms with van der Waals surface area (Å²) >= 11 is 0. The molecule has 1 amide bonds. The maximum Gasteiger partial charge on any atom is 0.255 e. The normalized spacial score (nSPS) is 10.9. The van der Waals surface area contributed by atoms with Gasteiger partial charge in [-0.15, -0.1) is 0 Å². The maximum absolute atomic E-state index is 12.2. The number of pyridine rings is 1. The number of anilines is 1. The number of nitrogen functional groups attached to an aromatic ring is 1. The van der Waals surface area contributed by atoms with Gasteiger partial charge in [-0.2, -0.15) is 0 Å². The Morgan fingerprint density at radius 1 is 1.25 bits per heavy atom. The Morgan fingerprint density at radius 2 is 1.81 bits per heavy atom. The van der Waals surface area contributed by atoms with E-state index in [4.69, 9.17) is 5.73 Å². The van der Waals surface area contributed by atoms with Crippen LogP contribution in [0.5, 0.6) is 0 Å². The molecule has 0 aliphatic rings. The van der Waals surface area contributed by atoms with E-state index in [-0.39, 0.29) is 18.0 Å². The quantitative estimate of drug-likeness (QED) is 0.848. The molecule has 1 rings (SSSR count). The van der Waals surface area contributed by atoms with E-state index in [1.807, 2.05) is 32.6 Å². The summed E-state index contributed by atoms with van der Waals surface area (Å²) in [7, 11) is 0. The number of carbonyl (C=O) groups is 1. The fraction of sp³-hybridized carbons (Fsp3) is 0.500. The molecule has 0 aromatic carbocycles. The molecule has 0 radical (unpaired) electrons. The highest BCUT2D eigenvalue weighted by molar-refractivity contribution is 5.94. The van der Waals surface area contributed by atoms with Crippen molar-refractivity contribution >= 4 is 11.7 Å². The SMILES string of the molecule is CC(C)N(C(=O)c1ccc(N)nc1)C(C)C. The van der Waals surface area contributed by atoms with Crippen LogP contribution in [0.2, 0.25) is 0 Å². The molecule has 0 bridgehead atoms. The zero-order valence-electron chi connectivity index (χ0n) is 10.3. The first-order valence-electron chi connectivity index (χ1n) is 5.47. The molecule has 1 aromatic rings. The molecule has 0 unspecified atom stereocenters. The lowest BCUT2D eigenvalue weighted by molar-refractivity contribution is 0.0643. The number of amides is 1. The van der Waals surface area contributed by atoms with Crippen LogP contribution in [0.25, 0.3) is 0 Å². The predicted octanol–water partition coefficient (Wildman–Crippen LogP) is 1.92. The molecule has 0 fully saturated rings. The number of hydrogen-bond donors (Lipinski definition) is 1. The lowest BCUT2D eigenvalue weighted by Gasteiger charge is -2.30. The maximum atomic E-state index is 12.2. The number of aromatic nitrogens is 1. The number of nitrogens with zero attached hydrogens (tertiary/aromatic N) is 2. The fourth-order valence-corrected chi connectivity index (χ4v) is 1.75. The summed E-state index contributed by atoms with van der Waals surface area (Å²) in [6, 6.07) is 3.70. The first-order valence-corrected chi connectivity index (χ1v) is 5.47. The Hall–Kier alpha value is -1.58. The van der Waals surface area contributed by atoms with Crippen LogP contribution in [0, 0.1) is 0 Å². The van der Waals surface area contributed by atoms with E-state index in [1.165, 1.54) is 6.20 Å². The highest BCUT2D eigenvalue weighted by atomic mass is 16.2. The first-order chi connectivity index (χ1) is 7.43. The first kappa shape index (κ1) is 12.5. The third kappa shape index (κ3) is 2.72. The smallest absolute Gasteiger partial charge is 0.255 e. The summed E-state index contributed by atoms with van der Waals surface area (Å²) in [5, 5.41) is 0. The van der Waals surface area contributed by atoms with Crippen LogP contribution in [0.4, 0.5) is 5.82 Å². The van der Waals surface area contributed by atoms with E-state index in [2.05, 4.69) is 4.98 Å². The third-order valence-electron chi connectivity index (χ3n) is 2.38. The Bertz CT molecular complexity index is 349. The van der Waals surface area contributed by atoms with Crippen LogP contribution in [0.1, 0.15) is 38.1 Å². The van der Waals surface area contributed by atoms with Crippen molar-refractivity contribution in [3.63, 3.8) is 0 Å². The van der Waals surface area contributed by atoms with E-state index in [0.29, 0.717) is 11.4 Å². The summed E-state index contributed by atoms with van der Waals surface area (Å²) in [4.78, 5) is 17.9. The average Bonchev–Trinajstić information content (AvgIpc) is 2.17. The Kier molecular flexibility index (Phi) is 3.88. The number of carbonyl (C=O) groups excluding carboxylic acids is 1. The zero-order valence-corrected chi connectivity index (χ0v) is 10.3. The average molecular weight is 221 g/mol. The summed E-state index contributed by atoms with van der Waals surface area (Å²) in [6.07, 6.45) is 1.52. The van der Waals surface area contributed by atoms with E-state index in [0.717, 1.165) is 0 Å². The summed E-state index contributed by atoms with van der Waals surface area (Å²) < 4.78 is 0. The zero-order chi connectivity index (χ0) is 12.3. The molecule has 88 valence electrons. The van der Waals surface area contributed by atoms with Crippen LogP contribution >= 0.6 is 0 Å². The van der Waals surface area contributed by atoms with Crippen molar-refractivity contribution in [1.29, 1.82) is 0 Å². The standard InChI is InChI=1S/C12H19N3O/c1-8(2)15(9(3)4)12(16)10-5-6-11(13)14-7-10/h5-9H,1-4H3,(H2,13,14). The molecule has 0 aliphatic carbocycles. The van der Waals surface area contributed by atoms with Crippen molar-refractivity contribution in [3.05, 3.63) is 23.9 Å². The van der Waals surface area contributed by atoms with Gasteiger partial charge in [0.2, 0.25) is 0 Å². The van der Waals surface area contributed by atoms with Gasteiger partial charge in [0.15, 0.2) is 0 Å². The van der Waals surface area contributed by atoms with Crippen molar-refractivity contribution < 1.29 is 4.79 Å². The van der Waals surface area contributed by atoms with Crippen LogP contribution < -0.4 is 5.73 Å². The van der Waals surface area contributed by atoms with Crippen LogP contribution in [0.3, 0.4) is 0 Å². The van der Waals surface area contributed by atoms with Crippen LogP contribution in [-0.4, -0.2) is 27.9 Å². The third-order valence-corrected chi connectivity index (χ3v) is 2.38. The Balaban J connectivity index is 2.95. The molecule has 0 aliphatic heterocycles. The second-order valence-corrected chi connectivity index (χ2v) is 4.37. The van der Waals surface area contributed by atoms with Crippen molar-refractivity contribution in [3.8, 4) is 0 Å². The topological polar surface area (TPSA) is 59.2 Å². The number of nitrogens with two attached hydrogens (primary N) is 1. The van der Waals surface area contributed by atoms with Gasteiger partial charge in [-0.1, -0.05) is 0 Å². The molecule has 16 heavy (non-hydrogen) atoms. The fourth-order valence-electron chi connectivity index (χ4n) is 1.75.